The van der Waals surface area contributed by atoms with Crippen LogP contribution in [0.15, 0.2) is 6.20 Å². The molecule has 8 heteroatoms. The Hall–Kier alpha value is -0.790. The zero-order valence-corrected chi connectivity index (χ0v) is 14.8. The van der Waals surface area contributed by atoms with Crippen molar-refractivity contribution >= 4 is 30.1 Å². The van der Waals surface area contributed by atoms with Crippen LogP contribution >= 0.6 is 24.2 Å². The van der Waals surface area contributed by atoms with Crippen LogP contribution in [-0.4, -0.2) is 62.5 Å². The molecule has 3 heterocycles. The molecule has 1 N–H and O–H groups in total. The van der Waals surface area contributed by atoms with Gasteiger partial charge in [-0.15, -0.1) is 17.5 Å². The van der Waals surface area contributed by atoms with Gasteiger partial charge in [0.15, 0.2) is 5.69 Å². The molecule has 0 radical (unpaired) electrons. The van der Waals surface area contributed by atoms with Crippen molar-refractivity contribution in [3.8, 4) is 0 Å². The zero-order valence-electron chi connectivity index (χ0n) is 13.1. The Morgan fingerprint density at radius 2 is 2.14 bits per heavy atom. The number of rotatable bonds is 2. The largest absolute Gasteiger partial charge is 0.335 e. The Bertz CT molecular complexity index is 515. The molecule has 22 heavy (non-hydrogen) atoms. The maximum Gasteiger partial charge on any atom is 0.276 e. The molecule has 2 aliphatic rings. The highest BCUT2D eigenvalue weighted by Gasteiger charge is 2.31. The van der Waals surface area contributed by atoms with Crippen molar-refractivity contribution in [3.05, 3.63) is 11.9 Å². The predicted molar refractivity (Wildman–Crippen MR) is 90.9 cm³/mol. The summed E-state index contributed by atoms with van der Waals surface area (Å²) >= 11 is 1.92. The fourth-order valence-electron chi connectivity index (χ4n) is 2.98. The zero-order chi connectivity index (χ0) is 14.9. The molecule has 2 fully saturated rings. The molecule has 3 rings (SSSR count). The molecule has 0 bridgehead atoms. The number of carbonyl (C=O) groups is 1. The standard InChI is InChI=1S/C14H23N5OS.ClH/c1-14(2)10-18(7-8-21-14)13(20)12-9-19(17-16-12)11-3-5-15-6-4-11;/h9,11,15H,3-8,10H2,1-2H3;1H. The van der Waals surface area contributed by atoms with Gasteiger partial charge < -0.3 is 10.2 Å². The highest BCUT2D eigenvalue weighted by atomic mass is 35.5. The smallest absolute Gasteiger partial charge is 0.276 e. The van der Waals surface area contributed by atoms with E-state index < -0.39 is 0 Å². The first kappa shape index (κ1) is 17.6. The van der Waals surface area contributed by atoms with E-state index in [0.29, 0.717) is 11.7 Å². The minimum Gasteiger partial charge on any atom is -0.335 e. The summed E-state index contributed by atoms with van der Waals surface area (Å²) in [5.41, 5.74) is 0.483. The molecule has 2 aliphatic heterocycles. The highest BCUT2D eigenvalue weighted by molar-refractivity contribution is 8.00. The third kappa shape index (κ3) is 3.94. The summed E-state index contributed by atoms with van der Waals surface area (Å²) in [6.07, 6.45) is 3.92. The van der Waals surface area contributed by atoms with Crippen molar-refractivity contribution in [3.63, 3.8) is 0 Å². The number of thioether (sulfide) groups is 1. The lowest BCUT2D eigenvalue weighted by atomic mass is 10.1. The Labute approximate surface area is 141 Å². The van der Waals surface area contributed by atoms with Gasteiger partial charge in [0.25, 0.3) is 5.91 Å². The van der Waals surface area contributed by atoms with Crippen LogP contribution in [0.3, 0.4) is 0 Å². The minimum absolute atomic E-state index is 0. The molecule has 0 aliphatic carbocycles. The molecule has 2 saturated heterocycles. The predicted octanol–water partition coefficient (Wildman–Crippen LogP) is 1.59. The minimum atomic E-state index is 0. The van der Waals surface area contributed by atoms with Crippen LogP contribution in [0.2, 0.25) is 0 Å². The maximum atomic E-state index is 12.6. The Kier molecular flexibility index (Phi) is 5.74. The van der Waals surface area contributed by atoms with Crippen molar-refractivity contribution in [1.29, 1.82) is 0 Å². The molecule has 0 spiro atoms. The molecule has 1 aromatic rings. The number of hydrogen-bond acceptors (Lipinski definition) is 5. The van der Waals surface area contributed by atoms with Gasteiger partial charge in [0.1, 0.15) is 0 Å². The maximum absolute atomic E-state index is 12.6. The average molecular weight is 346 g/mol. The first-order valence-electron chi connectivity index (χ1n) is 7.61. The van der Waals surface area contributed by atoms with Crippen LogP contribution in [0.25, 0.3) is 0 Å². The van der Waals surface area contributed by atoms with Gasteiger partial charge in [-0.3, -0.25) is 4.79 Å². The van der Waals surface area contributed by atoms with Crippen LogP contribution in [0.1, 0.15) is 43.2 Å². The second-order valence-electron chi connectivity index (χ2n) is 6.40. The number of hydrogen-bond donors (Lipinski definition) is 1. The Morgan fingerprint density at radius 1 is 1.41 bits per heavy atom. The third-order valence-electron chi connectivity index (χ3n) is 4.13. The first-order valence-corrected chi connectivity index (χ1v) is 8.59. The summed E-state index contributed by atoms with van der Waals surface area (Å²) in [4.78, 5) is 14.5. The molecule has 0 saturated carbocycles. The Balaban J connectivity index is 0.00000176. The second kappa shape index (κ2) is 7.19. The van der Waals surface area contributed by atoms with Gasteiger partial charge in [0.2, 0.25) is 0 Å². The van der Waals surface area contributed by atoms with Gasteiger partial charge in [0, 0.05) is 23.6 Å². The molecular formula is C14H24ClN5OS. The lowest BCUT2D eigenvalue weighted by molar-refractivity contribution is 0.0742. The first-order chi connectivity index (χ1) is 10.1. The molecule has 1 amide bonds. The van der Waals surface area contributed by atoms with Crippen molar-refractivity contribution < 1.29 is 4.79 Å². The summed E-state index contributed by atoms with van der Waals surface area (Å²) in [6, 6.07) is 0.369. The van der Waals surface area contributed by atoms with Crippen molar-refractivity contribution in [2.24, 2.45) is 0 Å². The normalized spacial score (nSPS) is 22.2. The molecule has 0 atom stereocenters. The van der Waals surface area contributed by atoms with Gasteiger partial charge in [-0.2, -0.15) is 11.8 Å². The average Bonchev–Trinajstić information content (AvgIpc) is 2.96. The van der Waals surface area contributed by atoms with Crippen LogP contribution in [0, 0.1) is 0 Å². The van der Waals surface area contributed by atoms with E-state index in [4.69, 9.17) is 0 Å². The number of nitrogens with zero attached hydrogens (tertiary/aromatic N) is 4. The van der Waals surface area contributed by atoms with E-state index in [0.717, 1.165) is 44.8 Å². The lowest BCUT2D eigenvalue weighted by Crippen LogP contribution is -2.46. The van der Waals surface area contributed by atoms with E-state index in [2.05, 4.69) is 29.5 Å². The quantitative estimate of drug-likeness (QED) is 0.882. The highest BCUT2D eigenvalue weighted by Crippen LogP contribution is 2.30. The molecule has 124 valence electrons. The van der Waals surface area contributed by atoms with Gasteiger partial charge in [-0.05, 0) is 39.8 Å². The van der Waals surface area contributed by atoms with E-state index in [-0.39, 0.29) is 23.1 Å². The fraction of sp³-hybridized carbons (Fsp3) is 0.786. The third-order valence-corrected chi connectivity index (χ3v) is 5.42. The molecule has 0 aromatic carbocycles. The van der Waals surface area contributed by atoms with Crippen molar-refractivity contribution in [2.45, 2.75) is 37.5 Å². The van der Waals surface area contributed by atoms with Crippen LogP contribution in [-0.2, 0) is 0 Å². The van der Waals surface area contributed by atoms with E-state index >= 15 is 0 Å². The number of halogens is 1. The number of amides is 1. The lowest BCUT2D eigenvalue weighted by Gasteiger charge is -2.37. The molecule has 0 unspecified atom stereocenters. The SMILES string of the molecule is CC1(C)CN(C(=O)c2cn(C3CCNCC3)nn2)CCS1.Cl. The van der Waals surface area contributed by atoms with Crippen molar-refractivity contribution in [2.75, 3.05) is 31.9 Å². The van der Waals surface area contributed by atoms with Gasteiger partial charge in [-0.1, -0.05) is 5.21 Å². The van der Waals surface area contributed by atoms with E-state index in [9.17, 15) is 4.79 Å². The van der Waals surface area contributed by atoms with E-state index in [1.807, 2.05) is 27.5 Å². The summed E-state index contributed by atoms with van der Waals surface area (Å²) in [7, 11) is 0. The monoisotopic (exact) mass is 345 g/mol. The van der Waals surface area contributed by atoms with Gasteiger partial charge in [0.05, 0.1) is 12.2 Å². The van der Waals surface area contributed by atoms with E-state index in [1.54, 1.807) is 0 Å². The van der Waals surface area contributed by atoms with Crippen molar-refractivity contribution in [1.82, 2.24) is 25.2 Å². The summed E-state index contributed by atoms with van der Waals surface area (Å²) < 4.78 is 2.00. The number of nitrogens with one attached hydrogen (secondary N) is 1. The summed E-state index contributed by atoms with van der Waals surface area (Å²) in [5.74, 6) is 1.00. The van der Waals surface area contributed by atoms with Gasteiger partial charge in [-0.25, -0.2) is 4.68 Å². The van der Waals surface area contributed by atoms with E-state index in [1.165, 1.54) is 0 Å². The second-order valence-corrected chi connectivity index (χ2v) is 8.20. The topological polar surface area (TPSA) is 63.1 Å². The molecule has 6 nitrogen and oxygen atoms in total. The molecular weight excluding hydrogens is 322 g/mol. The summed E-state index contributed by atoms with van der Waals surface area (Å²) in [5, 5.41) is 11.6. The fourth-order valence-corrected chi connectivity index (χ4v) is 4.09. The van der Waals surface area contributed by atoms with Crippen LogP contribution in [0.5, 0.6) is 0 Å². The van der Waals surface area contributed by atoms with Crippen LogP contribution in [0.4, 0.5) is 0 Å². The number of carbonyl (C=O) groups excluding carboxylic acids is 1. The van der Waals surface area contributed by atoms with Gasteiger partial charge >= 0.3 is 0 Å². The molecule has 1 aromatic heterocycles. The number of aromatic nitrogens is 3. The number of piperidine rings is 1. The summed E-state index contributed by atoms with van der Waals surface area (Å²) in [6.45, 7) is 7.95. The van der Waals surface area contributed by atoms with Crippen LogP contribution < -0.4 is 5.32 Å². The Morgan fingerprint density at radius 3 is 2.82 bits per heavy atom.